The van der Waals surface area contributed by atoms with Crippen LogP contribution in [0.3, 0.4) is 0 Å². The van der Waals surface area contributed by atoms with Gasteiger partial charge in [0.25, 0.3) is 5.91 Å². The number of carbonyl (C=O) groups excluding carboxylic acids is 1. The zero-order valence-corrected chi connectivity index (χ0v) is 21.2. The lowest BCUT2D eigenvalue weighted by molar-refractivity contribution is 0.0696. The quantitative estimate of drug-likeness (QED) is 0.346. The van der Waals surface area contributed by atoms with Gasteiger partial charge in [-0.25, -0.2) is 4.79 Å². The third-order valence-electron chi connectivity index (χ3n) is 8.92. The topological polar surface area (TPSA) is 67.5 Å². The molecule has 2 aromatic heterocycles. The van der Waals surface area contributed by atoms with Gasteiger partial charge in [-0.15, -0.1) is 0 Å². The van der Waals surface area contributed by atoms with Crippen LogP contribution in [-0.4, -0.2) is 44.1 Å². The fourth-order valence-corrected chi connectivity index (χ4v) is 7.22. The van der Waals surface area contributed by atoms with E-state index < -0.39 is 5.97 Å². The van der Waals surface area contributed by atoms with Gasteiger partial charge in [-0.05, 0) is 55.7 Å². The first kappa shape index (κ1) is 22.6. The number of rotatable bonds is 3. The normalized spacial score (nSPS) is 18.2. The molecule has 2 aromatic carbocycles. The number of fused-ring (bicyclic) bond motifs is 4. The van der Waals surface area contributed by atoms with Crippen LogP contribution in [0.2, 0.25) is 0 Å². The Morgan fingerprint density at radius 3 is 2.43 bits per heavy atom. The minimum Gasteiger partial charge on any atom is -0.478 e. The van der Waals surface area contributed by atoms with Crippen molar-refractivity contribution in [3.05, 3.63) is 59.3 Å². The molecule has 1 amide bonds. The van der Waals surface area contributed by atoms with Crippen molar-refractivity contribution in [3.8, 4) is 11.3 Å². The Kier molecular flexibility index (Phi) is 5.38. The fourth-order valence-electron chi connectivity index (χ4n) is 7.22. The second kappa shape index (κ2) is 8.79. The van der Waals surface area contributed by atoms with Gasteiger partial charge in [0.15, 0.2) is 0 Å². The first-order chi connectivity index (χ1) is 18.1. The number of carbonyl (C=O) groups is 2. The number of likely N-dealkylation sites (tertiary alicyclic amines) is 1. The molecule has 0 radical (unpaired) electrons. The van der Waals surface area contributed by atoms with Crippen LogP contribution in [0.15, 0.2) is 42.6 Å². The number of hydrogen-bond acceptors (Lipinski definition) is 2. The highest BCUT2D eigenvalue weighted by Gasteiger charge is 2.31. The number of benzene rings is 2. The number of carboxylic acid groups (broad SMARTS) is 1. The number of aryl methyl sites for hydroxylation is 2. The molecular formula is C31H33N3O3. The van der Waals surface area contributed by atoms with Crippen LogP contribution < -0.4 is 0 Å². The molecule has 4 aromatic rings. The predicted octanol–water partition coefficient (Wildman–Crippen LogP) is 6.65. The monoisotopic (exact) mass is 495 g/mol. The number of aromatic carboxylic acids is 1. The Balaban J connectivity index is 1.51. The van der Waals surface area contributed by atoms with Gasteiger partial charge in [-0.1, -0.05) is 43.5 Å². The van der Waals surface area contributed by atoms with Crippen LogP contribution in [0.1, 0.15) is 83.6 Å². The number of aromatic nitrogens is 2. The first-order valence-electron chi connectivity index (χ1n) is 13.9. The van der Waals surface area contributed by atoms with Crippen LogP contribution in [-0.2, 0) is 13.1 Å². The maximum Gasteiger partial charge on any atom is 0.335 e. The number of amides is 1. The smallest absolute Gasteiger partial charge is 0.335 e. The summed E-state index contributed by atoms with van der Waals surface area (Å²) in [5, 5.41) is 12.0. The molecule has 0 bridgehead atoms. The van der Waals surface area contributed by atoms with Crippen molar-refractivity contribution >= 4 is 33.7 Å². The number of carboxylic acids is 1. The second-order valence-corrected chi connectivity index (χ2v) is 11.1. The summed E-state index contributed by atoms with van der Waals surface area (Å²) in [4.78, 5) is 27.4. The fraction of sp³-hybridized carbons (Fsp3) is 0.419. The SMILES string of the molecule is O=C(O)c1ccc2c(C3CCCCC3)c3n(c2c1)CCCn1cc(C(=O)N2CCCC2)c2cccc-3c21. The Labute approximate surface area is 216 Å². The summed E-state index contributed by atoms with van der Waals surface area (Å²) >= 11 is 0. The molecule has 0 atom stereocenters. The third-order valence-corrected chi connectivity index (χ3v) is 8.92. The van der Waals surface area contributed by atoms with E-state index in [2.05, 4.69) is 33.5 Å². The lowest BCUT2D eigenvalue weighted by Crippen LogP contribution is -2.27. The molecule has 2 aliphatic heterocycles. The minimum absolute atomic E-state index is 0.150. The molecule has 190 valence electrons. The van der Waals surface area contributed by atoms with E-state index in [1.54, 1.807) is 6.07 Å². The van der Waals surface area contributed by atoms with E-state index in [0.29, 0.717) is 11.5 Å². The van der Waals surface area contributed by atoms with Gasteiger partial charge in [-0.3, -0.25) is 4.79 Å². The van der Waals surface area contributed by atoms with Crippen LogP contribution >= 0.6 is 0 Å². The van der Waals surface area contributed by atoms with Gasteiger partial charge >= 0.3 is 5.97 Å². The van der Waals surface area contributed by atoms with Crippen molar-refractivity contribution in [1.29, 1.82) is 0 Å². The average molecular weight is 496 g/mol. The zero-order valence-electron chi connectivity index (χ0n) is 21.2. The number of hydrogen-bond donors (Lipinski definition) is 1. The van der Waals surface area contributed by atoms with Gasteiger partial charge in [0.2, 0.25) is 0 Å². The molecule has 0 spiro atoms. The molecule has 4 heterocycles. The number of para-hydroxylation sites is 1. The van der Waals surface area contributed by atoms with Crippen LogP contribution in [0.25, 0.3) is 33.1 Å². The van der Waals surface area contributed by atoms with E-state index in [-0.39, 0.29) is 5.91 Å². The second-order valence-electron chi connectivity index (χ2n) is 11.1. The molecule has 1 N–H and O–H groups in total. The Morgan fingerprint density at radius 2 is 1.65 bits per heavy atom. The molecule has 1 saturated carbocycles. The summed E-state index contributed by atoms with van der Waals surface area (Å²) in [6.45, 7) is 3.34. The molecule has 2 fully saturated rings. The van der Waals surface area contributed by atoms with Crippen molar-refractivity contribution in [3.63, 3.8) is 0 Å². The predicted molar refractivity (Wildman–Crippen MR) is 145 cm³/mol. The maximum atomic E-state index is 13.5. The molecule has 3 aliphatic rings. The van der Waals surface area contributed by atoms with E-state index in [1.165, 1.54) is 54.3 Å². The van der Waals surface area contributed by atoms with E-state index in [9.17, 15) is 14.7 Å². The lowest BCUT2D eigenvalue weighted by Gasteiger charge is -2.25. The van der Waals surface area contributed by atoms with Crippen molar-refractivity contribution in [2.24, 2.45) is 0 Å². The zero-order chi connectivity index (χ0) is 25.1. The Bertz CT molecular complexity index is 1550. The molecule has 7 rings (SSSR count). The highest BCUT2D eigenvalue weighted by atomic mass is 16.4. The average Bonchev–Trinajstić information content (AvgIpc) is 3.64. The van der Waals surface area contributed by atoms with Gasteiger partial charge in [0, 0.05) is 54.2 Å². The number of nitrogens with zero attached hydrogens (tertiary/aromatic N) is 3. The van der Waals surface area contributed by atoms with E-state index in [0.717, 1.165) is 67.4 Å². The third kappa shape index (κ3) is 3.52. The van der Waals surface area contributed by atoms with Crippen LogP contribution in [0.4, 0.5) is 0 Å². The van der Waals surface area contributed by atoms with Crippen molar-refractivity contribution in [2.75, 3.05) is 13.1 Å². The van der Waals surface area contributed by atoms with E-state index in [1.807, 2.05) is 17.0 Å². The molecule has 6 heteroatoms. The highest BCUT2D eigenvalue weighted by Crippen LogP contribution is 2.47. The molecule has 37 heavy (non-hydrogen) atoms. The van der Waals surface area contributed by atoms with Gasteiger partial charge in [0.05, 0.1) is 22.3 Å². The largest absolute Gasteiger partial charge is 0.478 e. The lowest BCUT2D eigenvalue weighted by atomic mass is 9.81. The summed E-state index contributed by atoms with van der Waals surface area (Å²) in [6, 6.07) is 12.1. The summed E-state index contributed by atoms with van der Waals surface area (Å²) in [6.07, 6.45) is 11.3. The molecule has 6 nitrogen and oxygen atoms in total. The molecular weight excluding hydrogens is 462 g/mol. The highest BCUT2D eigenvalue weighted by molar-refractivity contribution is 6.11. The maximum absolute atomic E-state index is 13.5. The van der Waals surface area contributed by atoms with Crippen LogP contribution in [0.5, 0.6) is 0 Å². The van der Waals surface area contributed by atoms with Crippen LogP contribution in [0, 0.1) is 0 Å². The van der Waals surface area contributed by atoms with Gasteiger partial charge in [0.1, 0.15) is 0 Å². The van der Waals surface area contributed by atoms with E-state index >= 15 is 0 Å². The molecule has 1 saturated heterocycles. The molecule has 0 unspecified atom stereocenters. The summed E-state index contributed by atoms with van der Waals surface area (Å²) in [5.41, 5.74) is 7.10. The van der Waals surface area contributed by atoms with E-state index in [4.69, 9.17) is 0 Å². The molecule has 1 aliphatic carbocycles. The van der Waals surface area contributed by atoms with Gasteiger partial charge in [-0.2, -0.15) is 0 Å². The minimum atomic E-state index is -0.886. The van der Waals surface area contributed by atoms with Crippen molar-refractivity contribution in [1.82, 2.24) is 14.0 Å². The Hall–Kier alpha value is -3.54. The van der Waals surface area contributed by atoms with Crippen molar-refractivity contribution < 1.29 is 14.7 Å². The van der Waals surface area contributed by atoms with Crippen molar-refractivity contribution in [2.45, 2.75) is 70.4 Å². The summed E-state index contributed by atoms with van der Waals surface area (Å²) in [7, 11) is 0. The first-order valence-corrected chi connectivity index (χ1v) is 13.9. The Morgan fingerprint density at radius 1 is 0.838 bits per heavy atom. The standard InChI is InChI=1S/C31H33N3O3/c35-30(32-14-4-5-15-32)25-19-33-16-7-17-34-26-18-21(31(36)37)12-13-23(26)27(20-8-2-1-3-9-20)29(34)24-11-6-10-22(25)28(24)33/h6,10-13,18-20H,1-5,7-9,14-17H2,(H,36,37). The summed E-state index contributed by atoms with van der Waals surface area (Å²) < 4.78 is 4.70. The summed E-state index contributed by atoms with van der Waals surface area (Å²) in [5.74, 6) is -0.271. The van der Waals surface area contributed by atoms with Gasteiger partial charge < -0.3 is 19.1 Å².